The van der Waals surface area contributed by atoms with Crippen LogP contribution in [0.15, 0.2) is 29.5 Å². The van der Waals surface area contributed by atoms with Gasteiger partial charge >= 0.3 is 0 Å². The van der Waals surface area contributed by atoms with Gasteiger partial charge in [0.1, 0.15) is 17.9 Å². The van der Waals surface area contributed by atoms with Crippen molar-refractivity contribution in [1.82, 2.24) is 19.5 Å². The first kappa shape index (κ1) is 12.4. The third-order valence-electron chi connectivity index (χ3n) is 2.89. The zero-order valence-corrected chi connectivity index (χ0v) is 10.2. The SMILES string of the molecule is [N-]=[N+]=NC1=C[C@@H](CO)O[C@H]1n1cnc2c(N)ncnc21. The Morgan fingerprint density at radius 1 is 1.50 bits per heavy atom. The number of rotatable bonds is 3. The average Bonchev–Trinajstić information content (AvgIpc) is 3.03. The van der Waals surface area contributed by atoms with Crippen molar-refractivity contribution in [3.8, 4) is 0 Å². The van der Waals surface area contributed by atoms with Crippen LogP contribution in [0.1, 0.15) is 6.23 Å². The summed E-state index contributed by atoms with van der Waals surface area (Å²) in [6.45, 7) is -0.218. The van der Waals surface area contributed by atoms with Crippen molar-refractivity contribution in [3.05, 3.63) is 34.9 Å². The molecule has 0 unspecified atom stereocenters. The number of nitrogens with zero attached hydrogens (tertiary/aromatic N) is 7. The Labute approximate surface area is 112 Å². The third-order valence-corrected chi connectivity index (χ3v) is 2.89. The van der Waals surface area contributed by atoms with Crippen LogP contribution in [-0.2, 0) is 4.74 Å². The molecule has 0 saturated carbocycles. The van der Waals surface area contributed by atoms with Gasteiger partial charge in [0.2, 0.25) is 0 Å². The first-order valence-electron chi connectivity index (χ1n) is 5.70. The third kappa shape index (κ3) is 1.84. The first-order valence-corrected chi connectivity index (χ1v) is 5.70. The van der Waals surface area contributed by atoms with Gasteiger partial charge in [0.15, 0.2) is 17.7 Å². The number of anilines is 1. The summed E-state index contributed by atoms with van der Waals surface area (Å²) < 4.78 is 7.16. The normalized spacial score (nSPS) is 21.8. The van der Waals surface area contributed by atoms with Crippen LogP contribution in [-0.4, -0.2) is 37.3 Å². The molecule has 10 heteroatoms. The lowest BCUT2D eigenvalue weighted by molar-refractivity contribution is -0.0108. The molecule has 2 atom stereocenters. The molecule has 0 radical (unpaired) electrons. The number of imidazole rings is 1. The lowest BCUT2D eigenvalue weighted by Gasteiger charge is -2.15. The van der Waals surface area contributed by atoms with E-state index < -0.39 is 12.3 Å². The molecule has 0 fully saturated rings. The summed E-state index contributed by atoms with van der Waals surface area (Å²) in [4.78, 5) is 14.8. The quantitative estimate of drug-likeness (QED) is 0.472. The van der Waals surface area contributed by atoms with Gasteiger partial charge in [0.05, 0.1) is 18.6 Å². The topological polar surface area (TPSA) is 148 Å². The summed E-state index contributed by atoms with van der Waals surface area (Å²) in [5, 5.41) is 12.7. The highest BCUT2D eigenvalue weighted by Crippen LogP contribution is 2.32. The Balaban J connectivity index is 2.09. The van der Waals surface area contributed by atoms with Gasteiger partial charge in [0.25, 0.3) is 0 Å². The molecule has 2 aromatic rings. The van der Waals surface area contributed by atoms with Crippen LogP contribution in [0.25, 0.3) is 21.6 Å². The van der Waals surface area contributed by atoms with Gasteiger partial charge in [-0.1, -0.05) is 5.11 Å². The number of hydrogen-bond acceptors (Lipinski definition) is 7. The summed E-state index contributed by atoms with van der Waals surface area (Å²) in [6, 6.07) is 0. The van der Waals surface area contributed by atoms with E-state index >= 15 is 0 Å². The van der Waals surface area contributed by atoms with Crippen molar-refractivity contribution in [2.75, 3.05) is 12.3 Å². The maximum Gasteiger partial charge on any atom is 0.167 e. The number of aromatic nitrogens is 4. The smallest absolute Gasteiger partial charge is 0.167 e. The van der Waals surface area contributed by atoms with Crippen molar-refractivity contribution in [1.29, 1.82) is 0 Å². The second-order valence-corrected chi connectivity index (χ2v) is 4.07. The van der Waals surface area contributed by atoms with E-state index in [9.17, 15) is 0 Å². The van der Waals surface area contributed by atoms with E-state index in [1.165, 1.54) is 12.7 Å². The van der Waals surface area contributed by atoms with E-state index in [-0.39, 0.29) is 12.4 Å². The van der Waals surface area contributed by atoms with Crippen LogP contribution >= 0.6 is 0 Å². The summed E-state index contributed by atoms with van der Waals surface area (Å²) in [6.07, 6.45) is 3.09. The molecule has 0 spiro atoms. The minimum absolute atomic E-state index is 0.218. The molecule has 2 aromatic heterocycles. The van der Waals surface area contributed by atoms with Crippen LogP contribution in [0.4, 0.5) is 5.82 Å². The Morgan fingerprint density at radius 3 is 3.10 bits per heavy atom. The molecule has 0 aromatic carbocycles. The maximum atomic E-state index is 9.15. The van der Waals surface area contributed by atoms with Gasteiger partial charge in [-0.2, -0.15) is 0 Å². The molecule has 3 heterocycles. The number of ether oxygens (including phenoxy) is 1. The first-order chi connectivity index (χ1) is 9.74. The van der Waals surface area contributed by atoms with Gasteiger partial charge in [-0.05, 0) is 11.6 Å². The summed E-state index contributed by atoms with van der Waals surface area (Å²) in [7, 11) is 0. The van der Waals surface area contributed by atoms with Crippen LogP contribution in [0.5, 0.6) is 0 Å². The summed E-state index contributed by atoms with van der Waals surface area (Å²) >= 11 is 0. The molecule has 1 aliphatic rings. The largest absolute Gasteiger partial charge is 0.393 e. The highest BCUT2D eigenvalue weighted by molar-refractivity contribution is 5.81. The minimum atomic E-state index is -0.706. The zero-order chi connectivity index (χ0) is 14.1. The highest BCUT2D eigenvalue weighted by atomic mass is 16.5. The Morgan fingerprint density at radius 2 is 2.35 bits per heavy atom. The number of fused-ring (bicyclic) bond motifs is 1. The highest BCUT2D eigenvalue weighted by Gasteiger charge is 2.29. The lowest BCUT2D eigenvalue weighted by Crippen LogP contribution is -2.16. The predicted octanol–water partition coefficient (Wildman–Crippen LogP) is 0.492. The minimum Gasteiger partial charge on any atom is -0.393 e. The number of aliphatic hydroxyl groups is 1. The monoisotopic (exact) mass is 274 g/mol. The molecule has 3 rings (SSSR count). The zero-order valence-electron chi connectivity index (χ0n) is 10.2. The molecule has 3 N–H and O–H groups in total. The van der Waals surface area contributed by atoms with Crippen LogP contribution < -0.4 is 5.73 Å². The van der Waals surface area contributed by atoms with Gasteiger partial charge in [0, 0.05) is 4.91 Å². The lowest BCUT2D eigenvalue weighted by atomic mass is 10.3. The van der Waals surface area contributed by atoms with Gasteiger partial charge in [-0.3, -0.25) is 4.57 Å². The molecule has 0 amide bonds. The van der Waals surface area contributed by atoms with Crippen molar-refractivity contribution in [2.45, 2.75) is 12.3 Å². The Bertz CT molecular complexity index is 732. The van der Waals surface area contributed by atoms with E-state index in [1.54, 1.807) is 10.6 Å². The molecule has 0 bridgehead atoms. The number of aliphatic hydroxyl groups excluding tert-OH is 1. The fraction of sp³-hybridized carbons (Fsp3) is 0.300. The van der Waals surface area contributed by atoms with Gasteiger partial charge < -0.3 is 15.6 Å². The van der Waals surface area contributed by atoms with Crippen LogP contribution in [0.2, 0.25) is 0 Å². The number of nitrogen functional groups attached to an aromatic ring is 1. The number of azide groups is 1. The van der Waals surface area contributed by atoms with Crippen molar-refractivity contribution in [2.24, 2.45) is 5.11 Å². The van der Waals surface area contributed by atoms with Crippen molar-refractivity contribution < 1.29 is 9.84 Å². The van der Waals surface area contributed by atoms with E-state index in [0.29, 0.717) is 16.9 Å². The maximum absolute atomic E-state index is 9.15. The molecular weight excluding hydrogens is 264 g/mol. The fourth-order valence-corrected chi connectivity index (χ4v) is 2.03. The molecule has 0 aliphatic carbocycles. The molecule has 1 aliphatic heterocycles. The average molecular weight is 274 g/mol. The Kier molecular flexibility index (Phi) is 2.95. The Hall–Kier alpha value is -2.68. The second kappa shape index (κ2) is 4.78. The van der Waals surface area contributed by atoms with Gasteiger partial charge in [-0.15, -0.1) is 0 Å². The molecule has 0 saturated heterocycles. The molecule has 102 valence electrons. The summed E-state index contributed by atoms with van der Waals surface area (Å²) in [5.41, 5.74) is 15.5. The number of nitrogens with two attached hydrogens (primary N) is 1. The van der Waals surface area contributed by atoms with Gasteiger partial charge in [-0.25, -0.2) is 15.0 Å². The summed E-state index contributed by atoms with van der Waals surface area (Å²) in [5.74, 6) is 0.250. The van der Waals surface area contributed by atoms with E-state index in [2.05, 4.69) is 25.0 Å². The standard InChI is InChI=1S/C10H10N8O2/c11-8-7-9(14-3-13-8)18(4-15-7)10-6(16-17-12)1-5(2-19)20-10/h1,3-5,10,19H,2H2,(H2,11,13,14)/t5-,10+/m0/s1. The predicted molar refractivity (Wildman–Crippen MR) is 68.0 cm³/mol. The van der Waals surface area contributed by atoms with Crippen LogP contribution in [0.3, 0.4) is 0 Å². The fourth-order valence-electron chi connectivity index (χ4n) is 2.03. The van der Waals surface area contributed by atoms with Crippen molar-refractivity contribution >= 4 is 17.0 Å². The van der Waals surface area contributed by atoms with E-state index in [1.807, 2.05) is 0 Å². The molecular formula is C10H10N8O2. The second-order valence-electron chi connectivity index (χ2n) is 4.07. The van der Waals surface area contributed by atoms with E-state index in [0.717, 1.165) is 0 Å². The number of hydrogen-bond donors (Lipinski definition) is 2. The molecule has 20 heavy (non-hydrogen) atoms. The molecule has 10 nitrogen and oxygen atoms in total. The van der Waals surface area contributed by atoms with Crippen molar-refractivity contribution in [3.63, 3.8) is 0 Å². The van der Waals surface area contributed by atoms with E-state index in [4.69, 9.17) is 21.1 Å². The van der Waals surface area contributed by atoms with Crippen LogP contribution in [0, 0.1) is 0 Å².